The van der Waals surface area contributed by atoms with Crippen molar-refractivity contribution in [2.45, 2.75) is 79.6 Å². The first-order chi connectivity index (χ1) is 35.7. The largest absolute Gasteiger partial charge is 0.476 e. The van der Waals surface area contributed by atoms with Crippen molar-refractivity contribution in [1.29, 1.82) is 0 Å². The predicted octanol–water partition coefficient (Wildman–Crippen LogP) is 10.4. The number of nitrogens with zero attached hydrogens (tertiary/aromatic N) is 4. The Morgan fingerprint density at radius 3 is 0.792 bits per heavy atom. The molecule has 0 N–H and O–H groups in total. The van der Waals surface area contributed by atoms with E-state index in [4.69, 9.17) is 0 Å². The second-order valence-corrected chi connectivity index (χ2v) is 18.7. The van der Waals surface area contributed by atoms with Crippen LogP contribution in [0, 0.1) is 116 Å². The average molecular weight is 1140 g/mol. The number of halogens is 20. The van der Waals surface area contributed by atoms with Gasteiger partial charge in [0.25, 0.3) is 0 Å². The molecular formula is C50H38Al2BF20N4. The summed E-state index contributed by atoms with van der Waals surface area (Å²) in [6.45, 7) is 17.0. The molecule has 6 aromatic carbocycles. The van der Waals surface area contributed by atoms with Gasteiger partial charge < -0.3 is 3.88 Å². The van der Waals surface area contributed by atoms with Crippen LogP contribution in [0.15, 0.2) is 70.6 Å². The van der Waals surface area contributed by atoms with Gasteiger partial charge in [-0.25, -0.2) is 87.8 Å². The minimum absolute atomic E-state index is 0.312. The molecule has 0 saturated heterocycles. The van der Waals surface area contributed by atoms with Gasteiger partial charge in [0.2, 0.25) is 0 Å². The third-order valence-electron chi connectivity index (χ3n) is 11.2. The molecule has 0 spiro atoms. The zero-order valence-corrected chi connectivity index (χ0v) is 43.5. The van der Waals surface area contributed by atoms with Crippen LogP contribution >= 0.6 is 0 Å². The molecule has 27 heteroatoms. The van der Waals surface area contributed by atoms with Crippen molar-refractivity contribution in [3.05, 3.63) is 188 Å². The summed E-state index contributed by atoms with van der Waals surface area (Å²) < 4.78 is 298. The molecule has 6 aromatic rings. The quantitative estimate of drug-likeness (QED) is 0.0593. The van der Waals surface area contributed by atoms with Crippen LogP contribution in [0.3, 0.4) is 0 Å². The van der Waals surface area contributed by atoms with E-state index in [9.17, 15) is 52.7 Å². The molecule has 0 aromatic heterocycles. The molecule has 0 bridgehead atoms. The third kappa shape index (κ3) is 12.3. The van der Waals surface area contributed by atoms with E-state index < -0.39 is 144 Å². The van der Waals surface area contributed by atoms with E-state index >= 15 is 35.1 Å². The Hall–Kier alpha value is -6.01. The normalized spacial score (nSPS) is 12.1. The molecule has 0 aliphatic carbocycles. The monoisotopic (exact) mass is 1140 g/mol. The SMILES string of the molecule is CC(C)N=c1cccccc1[N]([Al+])C(C)C.CC(C)N=c1cccccc1[N]([Al])C(C)C.Fc1c(F)c(F)c([B-](c2c(F)c(F)c(F)c(F)c2F)(c2c(F)c(F)c(F)c(F)c2F)c2c(F)c(F)c(F)c(F)c2F)c(F)c1F. The summed E-state index contributed by atoms with van der Waals surface area (Å²) in [4.78, 5) is 9.30. The fourth-order valence-corrected chi connectivity index (χ4v) is 8.14. The van der Waals surface area contributed by atoms with Crippen molar-refractivity contribution in [1.82, 2.24) is 0 Å². The summed E-state index contributed by atoms with van der Waals surface area (Å²) in [6.07, 6.45) is -7.22. The maximum Gasteiger partial charge on any atom is 0.310 e. The van der Waals surface area contributed by atoms with Crippen molar-refractivity contribution < 1.29 is 87.8 Å². The van der Waals surface area contributed by atoms with E-state index in [2.05, 4.69) is 130 Å². The Kier molecular flexibility index (Phi) is 21.1. The van der Waals surface area contributed by atoms with E-state index in [1.54, 1.807) is 0 Å². The Morgan fingerprint density at radius 2 is 0.558 bits per heavy atom. The molecule has 0 atom stereocenters. The van der Waals surface area contributed by atoms with Gasteiger partial charge in [0.05, 0.1) is 5.36 Å². The van der Waals surface area contributed by atoms with Crippen LogP contribution in [0.1, 0.15) is 55.4 Å². The third-order valence-corrected chi connectivity index (χ3v) is 12.9. The molecule has 0 amide bonds. The van der Waals surface area contributed by atoms with Crippen LogP contribution < -0.4 is 40.3 Å². The molecule has 0 aliphatic rings. The van der Waals surface area contributed by atoms with Gasteiger partial charge in [-0.15, -0.1) is 21.9 Å². The van der Waals surface area contributed by atoms with E-state index in [1.165, 1.54) is 0 Å². The predicted molar refractivity (Wildman–Crippen MR) is 250 cm³/mol. The average Bonchev–Trinajstić information content (AvgIpc) is 3.75. The first-order valence-corrected chi connectivity index (χ1v) is 23.4. The Bertz CT molecular complexity index is 2890. The molecule has 0 fully saturated rings. The van der Waals surface area contributed by atoms with E-state index in [1.807, 2.05) is 36.4 Å². The Balaban J connectivity index is 0.000000324. The Morgan fingerprint density at radius 1 is 0.338 bits per heavy atom. The van der Waals surface area contributed by atoms with Crippen LogP contribution in [0.4, 0.5) is 99.2 Å². The Labute approximate surface area is 443 Å². The van der Waals surface area contributed by atoms with E-state index in [-0.39, 0.29) is 0 Å². The van der Waals surface area contributed by atoms with Gasteiger partial charge >= 0.3 is 123 Å². The van der Waals surface area contributed by atoms with Crippen molar-refractivity contribution in [3.8, 4) is 0 Å². The summed E-state index contributed by atoms with van der Waals surface area (Å²) in [5, 5.41) is 2.09. The second kappa shape index (κ2) is 25.6. The maximum atomic E-state index is 15.4. The minimum atomic E-state index is -7.22. The van der Waals surface area contributed by atoms with Gasteiger partial charge in [-0.05, 0) is 45.9 Å². The number of hydrogen-bond acceptors (Lipinski definition) is 4. The van der Waals surface area contributed by atoms with Gasteiger partial charge in [0.1, 0.15) is 52.7 Å². The number of anilines is 2. The smallest absolute Gasteiger partial charge is 0.310 e. The van der Waals surface area contributed by atoms with Crippen molar-refractivity contribution in [3.63, 3.8) is 0 Å². The first-order valence-electron chi connectivity index (χ1n) is 22.3. The summed E-state index contributed by atoms with van der Waals surface area (Å²) in [6, 6.07) is 22.1. The van der Waals surface area contributed by atoms with Crippen LogP contribution in [0.2, 0.25) is 0 Å². The molecule has 0 unspecified atom stereocenters. The number of hydrogen-bond donors (Lipinski definition) is 0. The number of rotatable bonds is 10. The van der Waals surface area contributed by atoms with Gasteiger partial charge in [0.15, 0.2) is 69.8 Å². The molecular weight excluding hydrogens is 1100 g/mol. The molecule has 407 valence electrons. The molecule has 3 radical (unpaired) electrons. The topological polar surface area (TPSA) is 31.2 Å². The standard InChI is InChI=1S/C24BF20.2C13H19N2.2Al/c26-5-1(6(27)14(35)21(42)13(5)34)25(2-7(28)15(36)22(43)16(37)8(2)29,3-9(30)17(38)23(44)18(39)10(3)31)4-11(32)19(40)24(45)20(41)12(4)33;2*1-10(2)14-12-8-6-5-7-9-13(12)15-11(3)4;;/h;2*5-11H,1-4H3;;/q3*-1;+1;+2. The van der Waals surface area contributed by atoms with Gasteiger partial charge in [0, 0.05) is 11.7 Å². The minimum Gasteiger partial charge on any atom is -0.476 e. The second-order valence-electron chi connectivity index (χ2n) is 17.6. The van der Waals surface area contributed by atoms with Gasteiger partial charge in [-0.3, -0.25) is 4.99 Å². The van der Waals surface area contributed by atoms with E-state index in [0.29, 0.717) is 24.2 Å². The van der Waals surface area contributed by atoms with E-state index in [0.717, 1.165) is 22.1 Å². The molecule has 6 rings (SSSR count). The molecule has 77 heavy (non-hydrogen) atoms. The zero-order chi connectivity index (χ0) is 58.6. The fourth-order valence-electron chi connectivity index (χ4n) is 7.70. The van der Waals surface area contributed by atoms with Crippen molar-refractivity contribution in [2.75, 3.05) is 7.77 Å². The molecule has 0 heterocycles. The van der Waals surface area contributed by atoms with Crippen molar-refractivity contribution >= 4 is 72.4 Å². The summed E-state index contributed by atoms with van der Waals surface area (Å²) in [7, 11) is 0. The molecule has 4 nitrogen and oxygen atoms in total. The maximum absolute atomic E-state index is 15.4. The van der Waals surface area contributed by atoms with Gasteiger partial charge in [-0.1, -0.05) is 18.2 Å². The number of benzene rings is 4. The summed E-state index contributed by atoms with van der Waals surface area (Å²) in [5.74, 6) is -71.4. The molecule has 0 saturated carbocycles. The summed E-state index contributed by atoms with van der Waals surface area (Å²) in [5.41, 5.74) is -12.0. The van der Waals surface area contributed by atoms with Crippen molar-refractivity contribution in [2.24, 2.45) is 9.98 Å². The fraction of sp³-hybridized carbons (Fsp3) is 0.240. The van der Waals surface area contributed by atoms with Crippen LogP contribution in [0.25, 0.3) is 0 Å². The van der Waals surface area contributed by atoms with Crippen LogP contribution in [-0.4, -0.2) is 63.3 Å². The van der Waals surface area contributed by atoms with Crippen LogP contribution in [0.5, 0.6) is 0 Å². The zero-order valence-electron chi connectivity index (χ0n) is 41.2. The molecule has 0 aliphatic heterocycles. The van der Waals surface area contributed by atoms with Gasteiger partial charge in [-0.2, -0.15) is 0 Å². The van der Waals surface area contributed by atoms with Crippen LogP contribution in [-0.2, 0) is 0 Å². The first kappa shape index (κ1) is 63.5. The summed E-state index contributed by atoms with van der Waals surface area (Å²) >= 11 is 5.53.